The smallest absolute Gasteiger partial charge is 0.416 e. The molecule has 0 saturated carbocycles. The lowest BCUT2D eigenvalue weighted by molar-refractivity contribution is -0.137. The van der Waals surface area contributed by atoms with Gasteiger partial charge in [-0.1, -0.05) is 52.3 Å². The Hall–Kier alpha value is -3.71. The van der Waals surface area contributed by atoms with Crippen LogP contribution in [0.4, 0.5) is 13.2 Å². The molecule has 1 heterocycles. The normalized spacial score (nSPS) is 11.8. The van der Waals surface area contributed by atoms with Crippen LogP contribution in [0.3, 0.4) is 0 Å². The second-order valence-electron chi connectivity index (χ2n) is 8.84. The molecular formula is C30H20BrF3IN3O3. The number of rotatable bonds is 7. The van der Waals surface area contributed by atoms with E-state index in [0.717, 1.165) is 30.4 Å². The van der Waals surface area contributed by atoms with Gasteiger partial charge in [-0.25, -0.2) is 4.98 Å². The summed E-state index contributed by atoms with van der Waals surface area (Å²) in [4.78, 5) is 17.9. The molecule has 0 aliphatic heterocycles. The highest BCUT2D eigenvalue weighted by atomic mass is 127. The van der Waals surface area contributed by atoms with Gasteiger partial charge in [-0.3, -0.25) is 4.79 Å². The van der Waals surface area contributed by atoms with Crippen LogP contribution < -0.4 is 15.0 Å². The van der Waals surface area contributed by atoms with Gasteiger partial charge in [-0.2, -0.15) is 22.9 Å². The van der Waals surface area contributed by atoms with E-state index in [-0.39, 0.29) is 16.8 Å². The van der Waals surface area contributed by atoms with Crippen LogP contribution in [0.2, 0.25) is 0 Å². The Morgan fingerprint density at radius 3 is 2.51 bits per heavy atom. The van der Waals surface area contributed by atoms with E-state index in [2.05, 4.69) is 48.6 Å². The fraction of sp³-hybridized carbons (Fsp3) is 0.100. The maximum Gasteiger partial charge on any atom is 0.416 e. The van der Waals surface area contributed by atoms with Gasteiger partial charge in [-0.05, 0) is 82.2 Å². The standard InChI is InChI=1S/C30H20BrF3IN3O3/c1-40-26-14-19(13-24(35)27(26)41-17-18-9-11-22(31)12-10-18)16-36-38-28(20-5-4-6-21(15-20)30(32,33)34)37-25-8-3-2-7-23(25)29(38)39/h2-16H,17H2,1H3. The molecule has 0 unspecified atom stereocenters. The number of halogens is 5. The zero-order valence-electron chi connectivity index (χ0n) is 21.3. The van der Waals surface area contributed by atoms with Gasteiger partial charge in [0.15, 0.2) is 17.3 Å². The van der Waals surface area contributed by atoms with Crippen molar-refractivity contribution < 1.29 is 22.6 Å². The topological polar surface area (TPSA) is 65.7 Å². The highest BCUT2D eigenvalue weighted by molar-refractivity contribution is 14.1. The molecule has 0 amide bonds. The molecule has 0 N–H and O–H groups in total. The minimum Gasteiger partial charge on any atom is -0.493 e. The average Bonchev–Trinajstić information content (AvgIpc) is 2.96. The molecular weight excluding hydrogens is 714 g/mol. The van der Waals surface area contributed by atoms with Crippen molar-refractivity contribution in [3.05, 3.63) is 120 Å². The summed E-state index contributed by atoms with van der Waals surface area (Å²) in [5, 5.41) is 4.66. The second-order valence-corrected chi connectivity index (χ2v) is 10.9. The maximum absolute atomic E-state index is 13.5. The lowest BCUT2D eigenvalue weighted by atomic mass is 10.1. The van der Waals surface area contributed by atoms with Crippen LogP contribution in [0, 0.1) is 3.57 Å². The van der Waals surface area contributed by atoms with Crippen molar-refractivity contribution in [2.24, 2.45) is 5.10 Å². The minimum atomic E-state index is -4.56. The van der Waals surface area contributed by atoms with Crippen molar-refractivity contribution in [2.75, 3.05) is 7.11 Å². The van der Waals surface area contributed by atoms with Gasteiger partial charge in [-0.15, -0.1) is 0 Å². The van der Waals surface area contributed by atoms with Gasteiger partial charge in [0, 0.05) is 10.0 Å². The maximum atomic E-state index is 13.5. The number of hydrogen-bond acceptors (Lipinski definition) is 5. The predicted octanol–water partition coefficient (Wildman–Crippen LogP) is 7.92. The Kier molecular flexibility index (Phi) is 8.45. The Morgan fingerprint density at radius 2 is 1.78 bits per heavy atom. The summed E-state index contributed by atoms with van der Waals surface area (Å²) in [7, 11) is 1.52. The van der Waals surface area contributed by atoms with Gasteiger partial charge in [0.25, 0.3) is 5.56 Å². The van der Waals surface area contributed by atoms with Crippen molar-refractivity contribution in [1.82, 2.24) is 9.66 Å². The number of benzene rings is 4. The molecule has 5 rings (SSSR count). The number of hydrogen-bond donors (Lipinski definition) is 0. The molecule has 5 aromatic rings. The number of aromatic nitrogens is 2. The van der Waals surface area contributed by atoms with Crippen LogP contribution in [-0.2, 0) is 12.8 Å². The van der Waals surface area contributed by atoms with E-state index in [4.69, 9.17) is 9.47 Å². The van der Waals surface area contributed by atoms with Crippen molar-refractivity contribution in [3.63, 3.8) is 0 Å². The van der Waals surface area contributed by atoms with Gasteiger partial charge < -0.3 is 9.47 Å². The highest BCUT2D eigenvalue weighted by Gasteiger charge is 2.31. The molecule has 1 aromatic heterocycles. The third-order valence-corrected chi connectivity index (χ3v) is 7.40. The van der Waals surface area contributed by atoms with Gasteiger partial charge in [0.2, 0.25) is 0 Å². The molecule has 4 aromatic carbocycles. The van der Waals surface area contributed by atoms with Crippen LogP contribution in [-0.4, -0.2) is 23.0 Å². The van der Waals surface area contributed by atoms with Crippen molar-refractivity contribution in [1.29, 1.82) is 0 Å². The lowest BCUT2D eigenvalue weighted by Gasteiger charge is -2.14. The van der Waals surface area contributed by atoms with E-state index in [1.807, 2.05) is 24.3 Å². The Bertz CT molecular complexity index is 1820. The van der Waals surface area contributed by atoms with E-state index in [1.54, 1.807) is 36.4 Å². The average molecular weight is 734 g/mol. The van der Waals surface area contributed by atoms with Crippen LogP contribution in [0.5, 0.6) is 11.5 Å². The van der Waals surface area contributed by atoms with Gasteiger partial charge in [0.1, 0.15) is 6.61 Å². The SMILES string of the molecule is COc1cc(C=Nn2c(-c3cccc(C(F)(F)F)c3)nc3ccccc3c2=O)cc(I)c1OCc1ccc(Br)cc1. The molecule has 0 radical (unpaired) electrons. The van der Waals surface area contributed by atoms with Crippen molar-refractivity contribution in [2.45, 2.75) is 12.8 Å². The highest BCUT2D eigenvalue weighted by Crippen LogP contribution is 2.35. The molecule has 208 valence electrons. The Balaban J connectivity index is 1.54. The first-order chi connectivity index (χ1) is 19.6. The third-order valence-electron chi connectivity index (χ3n) is 6.07. The van der Waals surface area contributed by atoms with Crippen LogP contribution in [0.25, 0.3) is 22.3 Å². The second kappa shape index (κ2) is 12.0. The molecule has 0 aliphatic rings. The van der Waals surface area contributed by atoms with E-state index in [9.17, 15) is 18.0 Å². The summed E-state index contributed by atoms with van der Waals surface area (Å²) >= 11 is 5.54. The Morgan fingerprint density at radius 1 is 1.02 bits per heavy atom. The number of para-hydroxylation sites is 1. The summed E-state index contributed by atoms with van der Waals surface area (Å²) in [5.41, 5.74) is 0.629. The first kappa shape index (κ1) is 28.8. The summed E-state index contributed by atoms with van der Waals surface area (Å²) in [5.74, 6) is 0.979. The van der Waals surface area contributed by atoms with Crippen molar-refractivity contribution >= 4 is 55.6 Å². The van der Waals surface area contributed by atoms with Crippen LogP contribution in [0.1, 0.15) is 16.7 Å². The quantitative estimate of drug-likeness (QED) is 0.126. The van der Waals surface area contributed by atoms with E-state index >= 15 is 0 Å². The number of methoxy groups -OCH3 is 1. The zero-order chi connectivity index (χ0) is 29.1. The van der Waals surface area contributed by atoms with E-state index in [0.29, 0.717) is 29.2 Å². The van der Waals surface area contributed by atoms with Crippen LogP contribution >= 0.6 is 38.5 Å². The number of alkyl halides is 3. The molecule has 0 bridgehead atoms. The van der Waals surface area contributed by atoms with Crippen LogP contribution in [0.15, 0.2) is 99.3 Å². The molecule has 11 heteroatoms. The fourth-order valence-corrected chi connectivity index (χ4v) is 5.11. The van der Waals surface area contributed by atoms with E-state index in [1.165, 1.54) is 25.5 Å². The number of nitrogens with zero attached hydrogens (tertiary/aromatic N) is 3. The fourth-order valence-electron chi connectivity index (χ4n) is 4.07. The first-order valence-corrected chi connectivity index (χ1v) is 14.0. The number of fused-ring (bicyclic) bond motifs is 1. The zero-order valence-corrected chi connectivity index (χ0v) is 25.1. The van der Waals surface area contributed by atoms with Gasteiger partial charge in [0.05, 0.1) is 33.4 Å². The molecule has 0 aliphatic carbocycles. The molecule has 0 spiro atoms. The Labute approximate surface area is 254 Å². The lowest BCUT2D eigenvalue weighted by Crippen LogP contribution is -2.20. The summed E-state index contributed by atoms with van der Waals surface area (Å²) in [6.07, 6.45) is -3.13. The first-order valence-electron chi connectivity index (χ1n) is 12.1. The monoisotopic (exact) mass is 733 g/mol. The largest absolute Gasteiger partial charge is 0.493 e. The summed E-state index contributed by atoms with van der Waals surface area (Å²) < 4.78 is 54.7. The summed E-state index contributed by atoms with van der Waals surface area (Å²) in [6.45, 7) is 0.325. The molecule has 0 saturated heterocycles. The van der Waals surface area contributed by atoms with Gasteiger partial charge >= 0.3 is 6.18 Å². The predicted molar refractivity (Wildman–Crippen MR) is 164 cm³/mol. The number of ether oxygens (including phenoxy) is 2. The third kappa shape index (κ3) is 6.46. The molecule has 0 atom stereocenters. The van der Waals surface area contributed by atoms with Crippen molar-refractivity contribution in [3.8, 4) is 22.9 Å². The molecule has 6 nitrogen and oxygen atoms in total. The van der Waals surface area contributed by atoms with E-state index < -0.39 is 17.3 Å². The summed E-state index contributed by atoms with van der Waals surface area (Å²) in [6, 6.07) is 22.5. The molecule has 41 heavy (non-hydrogen) atoms. The minimum absolute atomic E-state index is 0.0211. The molecule has 0 fully saturated rings.